The number of allylic oxidation sites excluding steroid dienone is 1. The normalized spacial score (nSPS) is 11.9. The molecule has 0 heterocycles. The predicted octanol–water partition coefficient (Wildman–Crippen LogP) is 2.54. The summed E-state index contributed by atoms with van der Waals surface area (Å²) < 4.78 is 5.01. The lowest BCUT2D eigenvalue weighted by Crippen LogP contribution is -2.10. The SMILES string of the molecule is CC/C=C(/C)C(=O)OCC(C)C. The van der Waals surface area contributed by atoms with Gasteiger partial charge in [-0.25, -0.2) is 4.79 Å². The van der Waals surface area contributed by atoms with Gasteiger partial charge in [-0.1, -0.05) is 26.8 Å². The second-order valence-electron chi connectivity index (χ2n) is 3.29. The number of rotatable bonds is 4. The Kier molecular flexibility index (Phi) is 5.43. The zero-order valence-electron chi connectivity index (χ0n) is 8.39. The number of esters is 1. The average Bonchev–Trinajstić information content (AvgIpc) is 2.00. The summed E-state index contributed by atoms with van der Waals surface area (Å²) in [4.78, 5) is 11.1. The molecule has 2 nitrogen and oxygen atoms in total. The molecule has 0 saturated carbocycles. The largest absolute Gasteiger partial charge is 0.462 e. The van der Waals surface area contributed by atoms with E-state index in [0.717, 1.165) is 6.42 Å². The molecule has 0 bridgehead atoms. The van der Waals surface area contributed by atoms with Crippen LogP contribution in [0.1, 0.15) is 34.1 Å². The maximum atomic E-state index is 11.1. The summed E-state index contributed by atoms with van der Waals surface area (Å²) in [6.45, 7) is 8.33. The molecule has 0 saturated heterocycles. The molecule has 12 heavy (non-hydrogen) atoms. The van der Waals surface area contributed by atoms with Gasteiger partial charge in [0.15, 0.2) is 0 Å². The Labute approximate surface area is 74.6 Å². The zero-order chi connectivity index (χ0) is 9.56. The summed E-state index contributed by atoms with van der Waals surface area (Å²) in [5.41, 5.74) is 0.707. The number of ether oxygens (including phenoxy) is 1. The van der Waals surface area contributed by atoms with Crippen LogP contribution in [0, 0.1) is 5.92 Å². The molecule has 0 spiro atoms. The van der Waals surface area contributed by atoms with Gasteiger partial charge in [-0.3, -0.25) is 0 Å². The molecule has 0 aliphatic carbocycles. The lowest BCUT2D eigenvalue weighted by atomic mass is 10.2. The van der Waals surface area contributed by atoms with Crippen molar-refractivity contribution in [1.29, 1.82) is 0 Å². The first-order valence-electron chi connectivity index (χ1n) is 4.41. The maximum Gasteiger partial charge on any atom is 0.333 e. The van der Waals surface area contributed by atoms with Gasteiger partial charge in [0.1, 0.15) is 0 Å². The van der Waals surface area contributed by atoms with Crippen LogP contribution in [0.2, 0.25) is 0 Å². The minimum absolute atomic E-state index is 0.189. The van der Waals surface area contributed by atoms with Crippen LogP contribution in [-0.4, -0.2) is 12.6 Å². The van der Waals surface area contributed by atoms with Gasteiger partial charge in [-0.2, -0.15) is 0 Å². The van der Waals surface area contributed by atoms with Gasteiger partial charge in [0.2, 0.25) is 0 Å². The first kappa shape index (κ1) is 11.2. The lowest BCUT2D eigenvalue weighted by molar-refractivity contribution is -0.140. The Morgan fingerprint density at radius 2 is 2.08 bits per heavy atom. The van der Waals surface area contributed by atoms with Gasteiger partial charge in [-0.15, -0.1) is 0 Å². The van der Waals surface area contributed by atoms with E-state index in [-0.39, 0.29) is 5.97 Å². The van der Waals surface area contributed by atoms with Crippen LogP contribution in [0.4, 0.5) is 0 Å². The lowest BCUT2D eigenvalue weighted by Gasteiger charge is -2.06. The van der Waals surface area contributed by atoms with E-state index in [1.54, 1.807) is 6.92 Å². The fraction of sp³-hybridized carbons (Fsp3) is 0.700. The van der Waals surface area contributed by atoms with Gasteiger partial charge in [0, 0.05) is 5.57 Å². The van der Waals surface area contributed by atoms with Gasteiger partial charge < -0.3 is 4.74 Å². The number of carbonyl (C=O) groups excluding carboxylic acids is 1. The smallest absolute Gasteiger partial charge is 0.333 e. The van der Waals surface area contributed by atoms with Crippen molar-refractivity contribution >= 4 is 5.97 Å². The summed E-state index contributed by atoms with van der Waals surface area (Å²) in [6, 6.07) is 0. The molecule has 0 radical (unpaired) electrons. The third-order valence-corrected chi connectivity index (χ3v) is 1.38. The van der Waals surface area contributed by atoms with Crippen LogP contribution >= 0.6 is 0 Å². The van der Waals surface area contributed by atoms with E-state index in [1.165, 1.54) is 0 Å². The zero-order valence-corrected chi connectivity index (χ0v) is 8.39. The van der Waals surface area contributed by atoms with Crippen molar-refractivity contribution < 1.29 is 9.53 Å². The Bertz CT molecular complexity index is 169. The molecule has 0 aromatic carbocycles. The molecule has 0 atom stereocenters. The summed E-state index contributed by atoms with van der Waals surface area (Å²) >= 11 is 0. The molecule has 0 N–H and O–H groups in total. The van der Waals surface area contributed by atoms with Crippen molar-refractivity contribution in [2.24, 2.45) is 5.92 Å². The predicted molar refractivity (Wildman–Crippen MR) is 49.8 cm³/mol. The minimum Gasteiger partial charge on any atom is -0.462 e. The van der Waals surface area contributed by atoms with E-state index >= 15 is 0 Å². The van der Waals surface area contributed by atoms with Crippen molar-refractivity contribution in [2.45, 2.75) is 34.1 Å². The van der Waals surface area contributed by atoms with Crippen LogP contribution in [-0.2, 0) is 9.53 Å². The van der Waals surface area contributed by atoms with E-state index in [0.29, 0.717) is 18.1 Å². The topological polar surface area (TPSA) is 26.3 Å². The molecule has 0 fully saturated rings. The molecule has 0 rings (SSSR count). The van der Waals surface area contributed by atoms with E-state index in [9.17, 15) is 4.79 Å². The standard InChI is InChI=1S/C10H18O2/c1-5-6-9(4)10(11)12-7-8(2)3/h6,8H,5,7H2,1-4H3/b9-6-. The molecule has 70 valence electrons. The third kappa shape index (κ3) is 4.94. The Morgan fingerprint density at radius 1 is 1.50 bits per heavy atom. The van der Waals surface area contributed by atoms with Gasteiger partial charge in [0.05, 0.1) is 6.61 Å². The van der Waals surface area contributed by atoms with E-state index in [4.69, 9.17) is 4.74 Å². The number of hydrogen-bond donors (Lipinski definition) is 0. The van der Waals surface area contributed by atoms with Crippen molar-refractivity contribution in [2.75, 3.05) is 6.61 Å². The van der Waals surface area contributed by atoms with E-state index in [2.05, 4.69) is 0 Å². The second-order valence-corrected chi connectivity index (χ2v) is 3.29. The van der Waals surface area contributed by atoms with Crippen LogP contribution in [0.3, 0.4) is 0 Å². The van der Waals surface area contributed by atoms with Gasteiger partial charge >= 0.3 is 5.97 Å². The Balaban J connectivity index is 3.80. The minimum atomic E-state index is -0.189. The van der Waals surface area contributed by atoms with Crippen molar-refractivity contribution in [3.05, 3.63) is 11.6 Å². The maximum absolute atomic E-state index is 11.1. The fourth-order valence-corrected chi connectivity index (χ4v) is 0.746. The summed E-state index contributed by atoms with van der Waals surface area (Å²) in [5.74, 6) is 0.217. The molecular formula is C10H18O2. The number of carbonyl (C=O) groups is 1. The second kappa shape index (κ2) is 5.81. The van der Waals surface area contributed by atoms with E-state index < -0.39 is 0 Å². The van der Waals surface area contributed by atoms with E-state index in [1.807, 2.05) is 26.8 Å². The Hall–Kier alpha value is -0.790. The fourth-order valence-electron chi connectivity index (χ4n) is 0.746. The van der Waals surface area contributed by atoms with Gasteiger partial charge in [-0.05, 0) is 19.3 Å². The van der Waals surface area contributed by atoms with Crippen LogP contribution in [0.5, 0.6) is 0 Å². The highest BCUT2D eigenvalue weighted by Gasteiger charge is 2.05. The summed E-state index contributed by atoms with van der Waals surface area (Å²) in [7, 11) is 0. The van der Waals surface area contributed by atoms with Gasteiger partial charge in [0.25, 0.3) is 0 Å². The van der Waals surface area contributed by atoms with Crippen LogP contribution in [0.15, 0.2) is 11.6 Å². The molecule has 0 aromatic rings. The van der Waals surface area contributed by atoms with Crippen LogP contribution < -0.4 is 0 Å². The van der Waals surface area contributed by atoms with Crippen molar-refractivity contribution in [3.63, 3.8) is 0 Å². The Morgan fingerprint density at radius 3 is 2.50 bits per heavy atom. The average molecular weight is 170 g/mol. The molecule has 0 aliphatic heterocycles. The highest BCUT2D eigenvalue weighted by molar-refractivity contribution is 5.87. The molecule has 0 amide bonds. The molecule has 0 unspecified atom stereocenters. The molecule has 0 aliphatic rings. The summed E-state index contributed by atoms with van der Waals surface area (Å²) in [6.07, 6.45) is 2.76. The number of hydrogen-bond acceptors (Lipinski definition) is 2. The quantitative estimate of drug-likeness (QED) is 0.478. The first-order valence-corrected chi connectivity index (χ1v) is 4.41. The van der Waals surface area contributed by atoms with Crippen LogP contribution in [0.25, 0.3) is 0 Å². The third-order valence-electron chi connectivity index (χ3n) is 1.38. The summed E-state index contributed by atoms with van der Waals surface area (Å²) in [5, 5.41) is 0. The highest BCUT2D eigenvalue weighted by atomic mass is 16.5. The van der Waals surface area contributed by atoms with Crippen molar-refractivity contribution in [1.82, 2.24) is 0 Å². The molecule has 2 heteroatoms. The molecule has 0 aromatic heterocycles. The first-order chi connectivity index (χ1) is 5.57. The highest BCUT2D eigenvalue weighted by Crippen LogP contribution is 2.01. The monoisotopic (exact) mass is 170 g/mol. The van der Waals surface area contributed by atoms with Crippen molar-refractivity contribution in [3.8, 4) is 0 Å². The molecular weight excluding hydrogens is 152 g/mol.